The van der Waals surface area contributed by atoms with Crippen LogP contribution in [0.1, 0.15) is 24.0 Å². The molecule has 0 bridgehead atoms. The summed E-state index contributed by atoms with van der Waals surface area (Å²) in [4.78, 5) is 7.17. The fraction of sp³-hybridized carbons (Fsp3) is 0.125. The lowest BCUT2D eigenvalue weighted by molar-refractivity contribution is 0.281. The quantitative estimate of drug-likeness (QED) is 0.221. The van der Waals surface area contributed by atoms with E-state index in [9.17, 15) is 0 Å². The smallest absolute Gasteiger partial charge is 0.0967 e. The predicted molar refractivity (Wildman–Crippen MR) is 148 cm³/mol. The highest BCUT2D eigenvalue weighted by Gasteiger charge is 2.11. The van der Waals surface area contributed by atoms with Crippen molar-refractivity contribution in [1.82, 2.24) is 9.97 Å². The third-order valence-corrected chi connectivity index (χ3v) is 6.89. The average molecular weight is 457 g/mol. The number of rotatable bonds is 8. The van der Waals surface area contributed by atoms with E-state index in [1.165, 1.54) is 54.7 Å². The van der Waals surface area contributed by atoms with E-state index in [1.807, 2.05) is 0 Å². The maximum atomic E-state index is 6.03. The summed E-state index contributed by atoms with van der Waals surface area (Å²) in [7, 11) is 0. The Morgan fingerprint density at radius 2 is 0.971 bits per heavy atom. The summed E-state index contributed by atoms with van der Waals surface area (Å²) in [5.74, 6) is 1.51. The standard InChI is InChI=1S/C32H28N2O/c1-21(17-19-23-9-7-13-27-25-11-3-5-15-29(25)33-31(23)27)35-22(2)18-20-24-10-8-14-28-26-12-4-6-16-30(26)34-32(24)28/h3-16,33-34H,1-2,17-20H2. The molecule has 0 aliphatic heterocycles. The van der Waals surface area contributed by atoms with E-state index in [0.717, 1.165) is 37.2 Å². The fourth-order valence-corrected chi connectivity index (χ4v) is 5.14. The summed E-state index contributed by atoms with van der Waals surface area (Å²) in [6.45, 7) is 8.33. The molecule has 6 rings (SSSR count). The van der Waals surface area contributed by atoms with Gasteiger partial charge in [-0.25, -0.2) is 0 Å². The number of aromatic amines is 2. The number of fused-ring (bicyclic) bond motifs is 6. The third-order valence-electron chi connectivity index (χ3n) is 6.89. The Morgan fingerprint density at radius 1 is 0.543 bits per heavy atom. The van der Waals surface area contributed by atoms with Gasteiger partial charge in [0, 0.05) is 56.5 Å². The van der Waals surface area contributed by atoms with Gasteiger partial charge in [0.15, 0.2) is 0 Å². The Hall–Kier alpha value is -4.24. The lowest BCUT2D eigenvalue weighted by Crippen LogP contribution is -1.97. The lowest BCUT2D eigenvalue weighted by Gasteiger charge is -2.12. The van der Waals surface area contributed by atoms with Crippen LogP contribution < -0.4 is 0 Å². The van der Waals surface area contributed by atoms with Gasteiger partial charge in [-0.1, -0.05) is 86.0 Å². The number of aromatic nitrogens is 2. The zero-order valence-corrected chi connectivity index (χ0v) is 19.7. The van der Waals surface area contributed by atoms with Gasteiger partial charge in [-0.05, 0) is 36.1 Å². The predicted octanol–water partition coefficient (Wildman–Crippen LogP) is 8.57. The van der Waals surface area contributed by atoms with Crippen LogP contribution in [0.3, 0.4) is 0 Å². The minimum Gasteiger partial charge on any atom is -0.467 e. The van der Waals surface area contributed by atoms with Crippen LogP contribution >= 0.6 is 0 Å². The van der Waals surface area contributed by atoms with Crippen LogP contribution in [0.5, 0.6) is 0 Å². The van der Waals surface area contributed by atoms with Crippen molar-refractivity contribution >= 4 is 43.6 Å². The highest BCUT2D eigenvalue weighted by Crippen LogP contribution is 2.30. The molecule has 0 radical (unpaired) electrons. The summed E-state index contributed by atoms with van der Waals surface area (Å²) in [6.07, 6.45) is 3.24. The van der Waals surface area contributed by atoms with E-state index < -0.39 is 0 Å². The molecule has 4 aromatic carbocycles. The minimum absolute atomic E-state index is 0.755. The van der Waals surface area contributed by atoms with E-state index in [4.69, 9.17) is 4.74 Å². The van der Waals surface area contributed by atoms with Crippen molar-refractivity contribution in [3.05, 3.63) is 121 Å². The summed E-state index contributed by atoms with van der Waals surface area (Å²) in [5.41, 5.74) is 7.30. The minimum atomic E-state index is 0.755. The number of aryl methyl sites for hydroxylation is 2. The molecule has 2 N–H and O–H groups in total. The maximum Gasteiger partial charge on any atom is 0.0967 e. The summed E-state index contributed by atoms with van der Waals surface area (Å²) in [5, 5.41) is 5.05. The molecule has 0 fully saturated rings. The van der Waals surface area contributed by atoms with Gasteiger partial charge in [0.2, 0.25) is 0 Å². The monoisotopic (exact) mass is 456 g/mol. The van der Waals surface area contributed by atoms with E-state index in [2.05, 4.69) is 108 Å². The van der Waals surface area contributed by atoms with Crippen LogP contribution in [0.25, 0.3) is 43.6 Å². The number of allylic oxidation sites excluding steroid dienone is 2. The molecular weight excluding hydrogens is 428 g/mol. The second kappa shape index (κ2) is 8.84. The molecule has 0 atom stereocenters. The van der Waals surface area contributed by atoms with E-state index >= 15 is 0 Å². The molecular formula is C32H28N2O. The maximum absolute atomic E-state index is 6.03. The van der Waals surface area contributed by atoms with Crippen LogP contribution in [-0.2, 0) is 17.6 Å². The van der Waals surface area contributed by atoms with Gasteiger partial charge in [-0.15, -0.1) is 0 Å². The van der Waals surface area contributed by atoms with Crippen molar-refractivity contribution in [1.29, 1.82) is 0 Å². The zero-order chi connectivity index (χ0) is 23.8. The first kappa shape index (κ1) is 21.3. The number of H-pyrrole nitrogens is 2. The molecule has 3 heteroatoms. The molecule has 35 heavy (non-hydrogen) atoms. The van der Waals surface area contributed by atoms with Gasteiger partial charge < -0.3 is 14.7 Å². The number of hydrogen-bond donors (Lipinski definition) is 2. The van der Waals surface area contributed by atoms with Crippen LogP contribution in [0, 0.1) is 0 Å². The van der Waals surface area contributed by atoms with Crippen LogP contribution in [-0.4, -0.2) is 9.97 Å². The third kappa shape index (κ3) is 4.00. The van der Waals surface area contributed by atoms with Crippen LogP contribution in [0.4, 0.5) is 0 Å². The SMILES string of the molecule is C=C(CCc1cccc2c1[nH]c1ccccc12)OC(=C)CCc1cccc2c1[nH]c1ccccc12. The molecule has 3 nitrogen and oxygen atoms in total. The Labute approximate surface area is 204 Å². The van der Waals surface area contributed by atoms with E-state index in [-0.39, 0.29) is 0 Å². The van der Waals surface area contributed by atoms with Crippen molar-refractivity contribution in [2.24, 2.45) is 0 Å². The molecule has 0 saturated heterocycles. The molecule has 172 valence electrons. The summed E-state index contributed by atoms with van der Waals surface area (Å²) < 4.78 is 6.03. The number of benzene rings is 4. The van der Waals surface area contributed by atoms with Crippen molar-refractivity contribution in [2.75, 3.05) is 0 Å². The van der Waals surface area contributed by atoms with Crippen molar-refractivity contribution in [2.45, 2.75) is 25.7 Å². The largest absolute Gasteiger partial charge is 0.467 e. The van der Waals surface area contributed by atoms with E-state index in [0.29, 0.717) is 0 Å². The summed E-state index contributed by atoms with van der Waals surface area (Å²) in [6, 6.07) is 29.9. The zero-order valence-electron chi connectivity index (χ0n) is 19.7. The van der Waals surface area contributed by atoms with Crippen molar-refractivity contribution in [3.63, 3.8) is 0 Å². The molecule has 0 aliphatic rings. The molecule has 2 aromatic heterocycles. The first-order valence-corrected chi connectivity index (χ1v) is 12.2. The Balaban J connectivity index is 1.10. The molecule has 6 aromatic rings. The van der Waals surface area contributed by atoms with Crippen molar-refractivity contribution in [3.8, 4) is 0 Å². The molecule has 2 heterocycles. The van der Waals surface area contributed by atoms with Gasteiger partial charge in [0.05, 0.1) is 11.5 Å². The number of para-hydroxylation sites is 4. The lowest BCUT2D eigenvalue weighted by atomic mass is 10.0. The normalized spacial score (nSPS) is 11.5. The fourth-order valence-electron chi connectivity index (χ4n) is 5.14. The summed E-state index contributed by atoms with van der Waals surface area (Å²) >= 11 is 0. The van der Waals surface area contributed by atoms with Crippen LogP contribution in [0.2, 0.25) is 0 Å². The Kier molecular flexibility index (Phi) is 5.38. The number of hydrogen-bond acceptors (Lipinski definition) is 1. The number of nitrogens with one attached hydrogen (secondary N) is 2. The van der Waals surface area contributed by atoms with Crippen molar-refractivity contribution < 1.29 is 4.74 Å². The molecule has 0 aliphatic carbocycles. The second-order valence-corrected chi connectivity index (χ2v) is 9.20. The molecule has 0 unspecified atom stereocenters. The first-order valence-electron chi connectivity index (χ1n) is 12.2. The van der Waals surface area contributed by atoms with Gasteiger partial charge in [0.25, 0.3) is 0 Å². The van der Waals surface area contributed by atoms with Gasteiger partial charge in [-0.2, -0.15) is 0 Å². The van der Waals surface area contributed by atoms with E-state index in [1.54, 1.807) is 0 Å². The van der Waals surface area contributed by atoms with Gasteiger partial charge >= 0.3 is 0 Å². The Morgan fingerprint density at radius 3 is 1.46 bits per heavy atom. The first-order chi connectivity index (χ1) is 17.2. The number of ether oxygens (including phenoxy) is 1. The van der Waals surface area contributed by atoms with Crippen LogP contribution in [0.15, 0.2) is 110 Å². The molecule has 0 spiro atoms. The molecule has 0 amide bonds. The van der Waals surface area contributed by atoms with Gasteiger partial charge in [-0.3, -0.25) is 0 Å². The molecule has 0 saturated carbocycles. The topological polar surface area (TPSA) is 40.8 Å². The second-order valence-electron chi connectivity index (χ2n) is 9.20. The van der Waals surface area contributed by atoms with Gasteiger partial charge in [0.1, 0.15) is 0 Å². The Bertz CT molecular complexity index is 1590. The highest BCUT2D eigenvalue weighted by atomic mass is 16.5. The highest BCUT2D eigenvalue weighted by molar-refractivity contribution is 6.09. The average Bonchev–Trinajstić information content (AvgIpc) is 3.45.